The van der Waals surface area contributed by atoms with Crippen molar-refractivity contribution in [2.75, 3.05) is 6.61 Å². The smallest absolute Gasteiger partial charge is 0.193 e. The molecule has 0 spiro atoms. The first kappa shape index (κ1) is 21.0. The van der Waals surface area contributed by atoms with E-state index >= 15 is 0 Å². The molecule has 0 heterocycles. The first-order valence-corrected chi connectivity index (χ1v) is 13.6. The van der Waals surface area contributed by atoms with Crippen LogP contribution in [0.4, 0.5) is 0 Å². The Bertz CT molecular complexity index is 365. The van der Waals surface area contributed by atoms with Crippen molar-refractivity contribution in [2.45, 2.75) is 90.3 Å². The van der Waals surface area contributed by atoms with Crippen molar-refractivity contribution in [3.8, 4) is 0 Å². The normalized spacial score (nSPS) is 17.5. The molecule has 0 amide bonds. The number of aldehydes is 1. The van der Waals surface area contributed by atoms with Crippen LogP contribution in [0.3, 0.4) is 0 Å². The van der Waals surface area contributed by atoms with E-state index in [0.29, 0.717) is 6.61 Å². The van der Waals surface area contributed by atoms with E-state index in [9.17, 15) is 4.79 Å². The minimum atomic E-state index is -2.00. The van der Waals surface area contributed by atoms with Gasteiger partial charge in [0, 0.05) is 0 Å². The molecule has 0 aliphatic heterocycles. The Kier molecular flexibility index (Phi) is 6.27. The Morgan fingerprint density at radius 1 is 0.810 bits per heavy atom. The van der Waals surface area contributed by atoms with Crippen LogP contribution >= 0.6 is 0 Å². The Balaban J connectivity index is 5.05. The highest BCUT2D eigenvalue weighted by Crippen LogP contribution is 2.40. The second-order valence-electron chi connectivity index (χ2n) is 9.34. The van der Waals surface area contributed by atoms with Crippen LogP contribution in [0.25, 0.3) is 0 Å². The van der Waals surface area contributed by atoms with Crippen LogP contribution in [-0.4, -0.2) is 35.1 Å². The molecular formula is C16H36O3Si2. The zero-order valence-corrected chi connectivity index (χ0v) is 18.0. The predicted octanol–water partition coefficient (Wildman–Crippen LogP) is 4.99. The molecule has 0 saturated heterocycles. The first-order valence-electron chi connectivity index (χ1n) is 7.78. The van der Waals surface area contributed by atoms with E-state index in [1.165, 1.54) is 0 Å². The minimum Gasteiger partial charge on any atom is -0.413 e. The second-order valence-corrected chi connectivity index (χ2v) is 18.9. The largest absolute Gasteiger partial charge is 0.413 e. The Morgan fingerprint density at radius 2 is 1.19 bits per heavy atom. The van der Waals surface area contributed by atoms with Crippen LogP contribution in [0, 0.1) is 0 Å². The van der Waals surface area contributed by atoms with E-state index < -0.39 is 22.2 Å². The third kappa shape index (κ3) is 5.62. The van der Waals surface area contributed by atoms with Crippen LogP contribution in [0.15, 0.2) is 0 Å². The van der Waals surface area contributed by atoms with Crippen LogP contribution < -0.4 is 0 Å². The van der Waals surface area contributed by atoms with Gasteiger partial charge < -0.3 is 13.6 Å². The van der Waals surface area contributed by atoms with Gasteiger partial charge in [-0.05, 0) is 43.2 Å². The summed E-state index contributed by atoms with van der Waals surface area (Å²) in [6.07, 6.45) is 0.917. The van der Waals surface area contributed by atoms with Crippen LogP contribution in [0.5, 0.6) is 0 Å². The molecular weight excluding hydrogens is 296 g/mol. The molecule has 0 aliphatic rings. The minimum absolute atomic E-state index is 0.0776. The maximum absolute atomic E-state index is 11.6. The summed E-state index contributed by atoms with van der Waals surface area (Å²) in [7, 11) is -3.88. The zero-order chi connectivity index (χ0) is 17.3. The summed E-state index contributed by atoms with van der Waals surface area (Å²) in [6.45, 7) is 24.1. The maximum Gasteiger partial charge on any atom is 0.193 e. The quantitative estimate of drug-likeness (QED) is 0.508. The fraction of sp³-hybridized carbons (Fsp3) is 0.938. The van der Waals surface area contributed by atoms with Crippen LogP contribution in [-0.2, 0) is 13.6 Å². The Hall–Kier alpha value is 0.0238. The maximum atomic E-state index is 11.6. The average molecular weight is 333 g/mol. The van der Waals surface area contributed by atoms with E-state index in [1.54, 1.807) is 0 Å². The molecule has 0 N–H and O–H groups in total. The molecule has 0 aromatic carbocycles. The predicted molar refractivity (Wildman–Crippen MR) is 95.9 cm³/mol. The number of hydrogen-bond acceptors (Lipinski definition) is 3. The molecule has 1 unspecified atom stereocenters. The third-order valence-electron chi connectivity index (χ3n) is 5.07. The Morgan fingerprint density at radius 3 is 1.48 bits per heavy atom. The zero-order valence-electron chi connectivity index (χ0n) is 16.0. The molecule has 1 atom stereocenters. The van der Waals surface area contributed by atoms with Crippen molar-refractivity contribution in [1.29, 1.82) is 0 Å². The molecule has 0 fully saturated rings. The summed E-state index contributed by atoms with van der Waals surface area (Å²) < 4.78 is 12.5. The lowest BCUT2D eigenvalue weighted by Gasteiger charge is -2.44. The fourth-order valence-corrected chi connectivity index (χ4v) is 4.02. The highest BCUT2D eigenvalue weighted by atomic mass is 28.4. The van der Waals surface area contributed by atoms with E-state index in [0.717, 1.165) is 6.29 Å². The van der Waals surface area contributed by atoms with Crippen molar-refractivity contribution >= 4 is 22.9 Å². The van der Waals surface area contributed by atoms with Crippen LogP contribution in [0.1, 0.15) is 48.5 Å². The molecule has 21 heavy (non-hydrogen) atoms. The molecule has 0 rings (SSSR count). The molecule has 126 valence electrons. The van der Waals surface area contributed by atoms with E-state index in [-0.39, 0.29) is 10.1 Å². The highest BCUT2D eigenvalue weighted by Gasteiger charge is 2.45. The number of carbonyl (C=O) groups excluding carboxylic acids is 1. The van der Waals surface area contributed by atoms with Gasteiger partial charge in [0.1, 0.15) is 5.60 Å². The molecule has 0 aliphatic carbocycles. The Labute approximate surface area is 134 Å². The molecule has 0 aromatic rings. The van der Waals surface area contributed by atoms with Gasteiger partial charge in [-0.15, -0.1) is 0 Å². The number of hydrogen-bond donors (Lipinski definition) is 0. The average Bonchev–Trinajstić information content (AvgIpc) is 2.23. The summed E-state index contributed by atoms with van der Waals surface area (Å²) in [5.74, 6) is 0. The van der Waals surface area contributed by atoms with E-state index in [4.69, 9.17) is 8.85 Å². The molecule has 0 saturated carbocycles. The summed E-state index contributed by atoms with van der Waals surface area (Å²) >= 11 is 0. The SMILES string of the molecule is CC(C=O)(CO[Si](C)(C)C(C)(C)C)O[Si](C)(C)C(C)(C)C. The van der Waals surface area contributed by atoms with E-state index in [2.05, 4.69) is 67.7 Å². The summed E-state index contributed by atoms with van der Waals surface area (Å²) in [6, 6.07) is 0. The molecule has 0 aromatic heterocycles. The van der Waals surface area contributed by atoms with Gasteiger partial charge in [0.2, 0.25) is 0 Å². The van der Waals surface area contributed by atoms with Gasteiger partial charge in [-0.2, -0.15) is 0 Å². The number of rotatable bonds is 6. The van der Waals surface area contributed by atoms with Crippen molar-refractivity contribution in [3.05, 3.63) is 0 Å². The van der Waals surface area contributed by atoms with Crippen molar-refractivity contribution < 1.29 is 13.6 Å². The van der Waals surface area contributed by atoms with E-state index in [1.807, 2.05) is 6.92 Å². The first-order chi connectivity index (χ1) is 8.97. The van der Waals surface area contributed by atoms with Gasteiger partial charge in [-0.25, -0.2) is 0 Å². The monoisotopic (exact) mass is 332 g/mol. The number of carbonyl (C=O) groups is 1. The summed E-state index contributed by atoms with van der Waals surface area (Å²) in [4.78, 5) is 11.6. The van der Waals surface area contributed by atoms with Gasteiger partial charge >= 0.3 is 0 Å². The van der Waals surface area contributed by atoms with Gasteiger partial charge in [0.15, 0.2) is 22.9 Å². The van der Waals surface area contributed by atoms with Gasteiger partial charge in [0.05, 0.1) is 6.61 Å². The summed E-state index contributed by atoms with van der Waals surface area (Å²) in [5, 5.41) is 0.210. The highest BCUT2D eigenvalue weighted by molar-refractivity contribution is 6.74. The molecule has 5 heteroatoms. The fourth-order valence-electron chi connectivity index (χ4n) is 1.36. The van der Waals surface area contributed by atoms with Crippen LogP contribution in [0.2, 0.25) is 36.3 Å². The summed E-state index contributed by atoms with van der Waals surface area (Å²) in [5.41, 5.74) is -0.849. The van der Waals surface area contributed by atoms with Crippen molar-refractivity contribution in [3.63, 3.8) is 0 Å². The topological polar surface area (TPSA) is 35.5 Å². The standard InChI is InChI=1S/C16H36O3Si2/c1-14(2,3)20(8,9)18-13-16(7,12-17)19-21(10,11)15(4,5)6/h12H,13H2,1-11H3. The molecule has 3 nitrogen and oxygen atoms in total. The van der Waals surface area contributed by atoms with Gasteiger partial charge in [0.25, 0.3) is 0 Å². The molecule has 0 bridgehead atoms. The second kappa shape index (κ2) is 6.26. The lowest BCUT2D eigenvalue weighted by molar-refractivity contribution is -0.123. The van der Waals surface area contributed by atoms with Gasteiger partial charge in [-0.3, -0.25) is 0 Å². The molecule has 0 radical (unpaired) electrons. The van der Waals surface area contributed by atoms with Crippen molar-refractivity contribution in [1.82, 2.24) is 0 Å². The lowest BCUT2D eigenvalue weighted by atomic mass is 10.1. The third-order valence-corrected chi connectivity index (χ3v) is 14.1. The lowest BCUT2D eigenvalue weighted by Crippen LogP contribution is -2.53. The van der Waals surface area contributed by atoms with Gasteiger partial charge in [-0.1, -0.05) is 41.5 Å². The van der Waals surface area contributed by atoms with Crippen molar-refractivity contribution in [2.24, 2.45) is 0 Å².